The lowest BCUT2D eigenvalue weighted by molar-refractivity contribution is 0.612. The molecule has 0 saturated carbocycles. The van der Waals surface area contributed by atoms with Gasteiger partial charge in [0.25, 0.3) is 0 Å². The van der Waals surface area contributed by atoms with Crippen LogP contribution in [0.3, 0.4) is 0 Å². The molecule has 3 aromatic rings. The number of hydrogen-bond donors (Lipinski definition) is 1. The molecule has 0 aliphatic carbocycles. The van der Waals surface area contributed by atoms with E-state index in [2.05, 4.69) is 54.1 Å². The zero-order valence-electron chi connectivity index (χ0n) is 15.3. The van der Waals surface area contributed by atoms with Crippen LogP contribution < -0.4 is 5.32 Å². The summed E-state index contributed by atoms with van der Waals surface area (Å²) in [7, 11) is 0. The average molecular weight is 366 g/mol. The minimum absolute atomic E-state index is 0.770. The highest BCUT2D eigenvalue weighted by Gasteiger charge is 2.13. The molecule has 134 valence electrons. The second-order valence-corrected chi connectivity index (χ2v) is 7.63. The minimum Gasteiger partial charge on any atom is -0.320 e. The van der Waals surface area contributed by atoms with Gasteiger partial charge in [-0.3, -0.25) is 0 Å². The minimum atomic E-state index is 0.770. The van der Waals surface area contributed by atoms with E-state index in [0.717, 1.165) is 42.4 Å². The van der Waals surface area contributed by atoms with Crippen molar-refractivity contribution in [1.29, 1.82) is 0 Å². The number of halogens is 1. The summed E-state index contributed by atoms with van der Waals surface area (Å²) in [6.45, 7) is 7.18. The molecule has 0 spiro atoms. The van der Waals surface area contributed by atoms with Crippen LogP contribution in [-0.4, -0.2) is 22.6 Å². The van der Waals surface area contributed by atoms with Gasteiger partial charge in [-0.05, 0) is 80.3 Å². The van der Waals surface area contributed by atoms with E-state index in [1.54, 1.807) is 0 Å². The maximum absolute atomic E-state index is 6.05. The molecule has 0 amide bonds. The Labute approximate surface area is 159 Å². The Morgan fingerprint density at radius 3 is 2.65 bits per heavy atom. The fourth-order valence-corrected chi connectivity index (χ4v) is 3.66. The molecule has 0 bridgehead atoms. The smallest absolute Gasteiger partial charge is 0.134 e. The molecular weight excluding hydrogens is 342 g/mol. The van der Waals surface area contributed by atoms with E-state index in [1.165, 1.54) is 34.2 Å². The highest BCUT2D eigenvalue weighted by molar-refractivity contribution is 6.30. The topological polar surface area (TPSA) is 29.9 Å². The first-order valence-electron chi connectivity index (χ1n) is 9.22. The van der Waals surface area contributed by atoms with E-state index in [-0.39, 0.29) is 0 Å². The van der Waals surface area contributed by atoms with Crippen LogP contribution in [0, 0.1) is 13.8 Å². The van der Waals surface area contributed by atoms with E-state index in [0.29, 0.717) is 0 Å². The van der Waals surface area contributed by atoms with Crippen LogP contribution in [0.15, 0.2) is 42.0 Å². The third-order valence-corrected chi connectivity index (χ3v) is 5.44. The first-order chi connectivity index (χ1) is 12.6. The number of aromatic nitrogens is 2. The van der Waals surface area contributed by atoms with Gasteiger partial charge in [-0.2, -0.15) is 0 Å². The van der Waals surface area contributed by atoms with E-state index in [4.69, 9.17) is 16.6 Å². The third-order valence-electron chi connectivity index (χ3n) is 5.18. The quantitative estimate of drug-likeness (QED) is 0.698. The summed E-state index contributed by atoms with van der Waals surface area (Å²) in [4.78, 5) is 4.96. The first kappa shape index (κ1) is 17.3. The standard InChI is InChI=1S/C22H24ClN3/c1-15-10-20-21(11-16(15)2)26(14-17-5-7-19(23)8-6-17)22(25-20)12-18-4-3-9-24-13-18/h5-8,10-12,24H,3-4,9,13-14H2,1-2H3/b18-12+. The number of nitrogens with one attached hydrogen (secondary N) is 1. The first-order valence-corrected chi connectivity index (χ1v) is 9.60. The number of piperidine rings is 1. The number of aryl methyl sites for hydroxylation is 2. The molecule has 26 heavy (non-hydrogen) atoms. The Morgan fingerprint density at radius 1 is 1.15 bits per heavy atom. The second-order valence-electron chi connectivity index (χ2n) is 7.19. The van der Waals surface area contributed by atoms with Crippen LogP contribution in [0.25, 0.3) is 17.1 Å². The molecule has 1 aliphatic rings. The van der Waals surface area contributed by atoms with Gasteiger partial charge < -0.3 is 9.88 Å². The number of hydrogen-bond acceptors (Lipinski definition) is 2. The number of rotatable bonds is 3. The van der Waals surface area contributed by atoms with E-state index >= 15 is 0 Å². The molecule has 1 N–H and O–H groups in total. The number of imidazole rings is 1. The lowest BCUT2D eigenvalue weighted by Crippen LogP contribution is -2.23. The molecule has 4 heteroatoms. The van der Waals surface area contributed by atoms with Crippen LogP contribution in [-0.2, 0) is 6.54 Å². The summed E-state index contributed by atoms with van der Waals surface area (Å²) in [6, 6.07) is 12.5. The largest absolute Gasteiger partial charge is 0.320 e. The molecule has 1 aliphatic heterocycles. The zero-order chi connectivity index (χ0) is 18.1. The van der Waals surface area contributed by atoms with Gasteiger partial charge in [-0.1, -0.05) is 29.3 Å². The van der Waals surface area contributed by atoms with Crippen molar-refractivity contribution in [2.24, 2.45) is 0 Å². The molecule has 4 rings (SSSR count). The monoisotopic (exact) mass is 365 g/mol. The summed E-state index contributed by atoms with van der Waals surface area (Å²) >= 11 is 6.05. The Morgan fingerprint density at radius 2 is 1.92 bits per heavy atom. The van der Waals surface area contributed by atoms with E-state index in [9.17, 15) is 0 Å². The van der Waals surface area contributed by atoms with Crippen molar-refractivity contribution in [3.8, 4) is 0 Å². The lowest BCUT2D eigenvalue weighted by Gasteiger charge is -2.15. The zero-order valence-corrected chi connectivity index (χ0v) is 16.1. The van der Waals surface area contributed by atoms with Crippen molar-refractivity contribution in [3.05, 3.63) is 69.5 Å². The molecule has 1 saturated heterocycles. The maximum atomic E-state index is 6.05. The lowest BCUT2D eigenvalue weighted by atomic mass is 10.1. The van der Waals surface area contributed by atoms with Crippen LogP contribution in [0.1, 0.15) is 35.4 Å². The fraction of sp³-hybridized carbons (Fsp3) is 0.318. The van der Waals surface area contributed by atoms with Crippen molar-refractivity contribution in [2.75, 3.05) is 13.1 Å². The van der Waals surface area contributed by atoms with Gasteiger partial charge in [-0.15, -0.1) is 0 Å². The summed E-state index contributed by atoms with van der Waals surface area (Å²) in [5, 5.41) is 4.23. The van der Waals surface area contributed by atoms with Crippen LogP contribution in [0.4, 0.5) is 0 Å². The summed E-state index contributed by atoms with van der Waals surface area (Å²) < 4.78 is 2.33. The van der Waals surface area contributed by atoms with Gasteiger partial charge in [-0.25, -0.2) is 4.98 Å². The molecule has 2 aromatic carbocycles. The molecular formula is C22H24ClN3. The predicted molar refractivity (Wildman–Crippen MR) is 110 cm³/mol. The van der Waals surface area contributed by atoms with Gasteiger partial charge in [0, 0.05) is 18.1 Å². The molecule has 1 fully saturated rings. The van der Waals surface area contributed by atoms with Gasteiger partial charge in [0.05, 0.1) is 11.0 Å². The number of nitrogens with zero attached hydrogens (tertiary/aromatic N) is 2. The van der Waals surface area contributed by atoms with Crippen LogP contribution in [0.2, 0.25) is 5.02 Å². The Balaban J connectivity index is 1.82. The molecule has 0 atom stereocenters. The summed E-state index contributed by atoms with van der Waals surface area (Å²) in [5.74, 6) is 1.04. The van der Waals surface area contributed by atoms with Gasteiger partial charge in [0.2, 0.25) is 0 Å². The van der Waals surface area contributed by atoms with E-state index < -0.39 is 0 Å². The van der Waals surface area contributed by atoms with Crippen molar-refractivity contribution < 1.29 is 0 Å². The SMILES string of the molecule is Cc1cc2nc(/C=C3\CCCNC3)n(Cc3ccc(Cl)cc3)c2cc1C. The maximum Gasteiger partial charge on any atom is 0.134 e. The predicted octanol–water partition coefficient (Wildman–Crippen LogP) is 5.12. The summed E-state index contributed by atoms with van der Waals surface area (Å²) in [5.41, 5.74) is 7.50. The highest BCUT2D eigenvalue weighted by atomic mass is 35.5. The summed E-state index contributed by atoms with van der Waals surface area (Å²) in [6.07, 6.45) is 4.61. The average Bonchev–Trinajstić information content (AvgIpc) is 2.95. The van der Waals surface area contributed by atoms with Gasteiger partial charge in [0.1, 0.15) is 5.82 Å². The van der Waals surface area contributed by atoms with E-state index in [1.807, 2.05) is 12.1 Å². The fourth-order valence-electron chi connectivity index (χ4n) is 3.53. The molecule has 3 nitrogen and oxygen atoms in total. The van der Waals surface area contributed by atoms with Crippen LogP contribution in [0.5, 0.6) is 0 Å². The van der Waals surface area contributed by atoms with Gasteiger partial charge >= 0.3 is 0 Å². The Kier molecular flexibility index (Phi) is 4.84. The molecule has 1 aromatic heterocycles. The van der Waals surface area contributed by atoms with Crippen molar-refractivity contribution in [2.45, 2.75) is 33.2 Å². The number of fused-ring (bicyclic) bond motifs is 1. The van der Waals surface area contributed by atoms with Crippen LogP contribution >= 0.6 is 11.6 Å². The Hall–Kier alpha value is -2.10. The molecule has 0 radical (unpaired) electrons. The van der Waals surface area contributed by atoms with Crippen molar-refractivity contribution in [3.63, 3.8) is 0 Å². The molecule has 2 heterocycles. The number of benzene rings is 2. The normalized spacial score (nSPS) is 16.5. The Bertz CT molecular complexity index is 959. The molecule has 0 unspecified atom stereocenters. The third kappa shape index (κ3) is 3.55. The van der Waals surface area contributed by atoms with Crippen molar-refractivity contribution >= 4 is 28.7 Å². The second kappa shape index (κ2) is 7.26. The highest BCUT2D eigenvalue weighted by Crippen LogP contribution is 2.24. The van der Waals surface area contributed by atoms with Gasteiger partial charge in [0.15, 0.2) is 0 Å². The van der Waals surface area contributed by atoms with Crippen molar-refractivity contribution in [1.82, 2.24) is 14.9 Å².